The molecular formula is C13H15BrN2OS. The van der Waals surface area contributed by atoms with Gasteiger partial charge in [-0.3, -0.25) is 4.79 Å². The monoisotopic (exact) mass is 326 g/mol. The Labute approximate surface area is 120 Å². The zero-order valence-corrected chi connectivity index (χ0v) is 12.3. The van der Waals surface area contributed by atoms with Crippen LogP contribution < -0.4 is 5.73 Å². The topological polar surface area (TPSA) is 46.3 Å². The Morgan fingerprint density at radius 3 is 2.61 bits per heavy atom. The second-order valence-electron chi connectivity index (χ2n) is 4.48. The summed E-state index contributed by atoms with van der Waals surface area (Å²) in [4.78, 5) is 14.7. The number of carbonyl (C=O) groups is 1. The maximum absolute atomic E-state index is 12.3. The molecular weight excluding hydrogens is 312 g/mol. The molecule has 1 saturated heterocycles. The summed E-state index contributed by atoms with van der Waals surface area (Å²) >= 11 is 8.38. The lowest BCUT2D eigenvalue weighted by Gasteiger charge is -2.31. The van der Waals surface area contributed by atoms with E-state index in [1.165, 1.54) is 0 Å². The Morgan fingerprint density at radius 1 is 1.39 bits per heavy atom. The van der Waals surface area contributed by atoms with E-state index in [1.54, 1.807) is 0 Å². The molecule has 0 saturated carbocycles. The number of amides is 1. The fourth-order valence-electron chi connectivity index (χ4n) is 2.17. The molecule has 1 heterocycles. The van der Waals surface area contributed by atoms with Crippen LogP contribution in [0.5, 0.6) is 0 Å². The number of thiocarbonyl (C=S) groups is 1. The van der Waals surface area contributed by atoms with Gasteiger partial charge in [0.15, 0.2) is 0 Å². The lowest BCUT2D eigenvalue weighted by atomic mass is 9.96. The van der Waals surface area contributed by atoms with E-state index in [-0.39, 0.29) is 11.8 Å². The number of nitrogens with zero attached hydrogens (tertiary/aromatic N) is 1. The SMILES string of the molecule is NC(=S)C1CCN(C(=O)c2cccc(Br)c2)CC1. The van der Waals surface area contributed by atoms with Crippen LogP contribution in [0.15, 0.2) is 28.7 Å². The molecule has 0 aromatic heterocycles. The van der Waals surface area contributed by atoms with E-state index in [4.69, 9.17) is 18.0 Å². The summed E-state index contributed by atoms with van der Waals surface area (Å²) in [6, 6.07) is 7.48. The van der Waals surface area contributed by atoms with E-state index < -0.39 is 0 Å². The van der Waals surface area contributed by atoms with E-state index in [2.05, 4.69) is 15.9 Å². The Morgan fingerprint density at radius 2 is 2.06 bits per heavy atom. The van der Waals surface area contributed by atoms with E-state index in [9.17, 15) is 4.79 Å². The van der Waals surface area contributed by atoms with Gasteiger partial charge in [-0.05, 0) is 31.0 Å². The van der Waals surface area contributed by atoms with Gasteiger partial charge in [-0.1, -0.05) is 34.2 Å². The van der Waals surface area contributed by atoms with E-state index in [1.807, 2.05) is 29.2 Å². The van der Waals surface area contributed by atoms with Gasteiger partial charge in [0.1, 0.15) is 0 Å². The van der Waals surface area contributed by atoms with Crippen LogP contribution in [0.3, 0.4) is 0 Å². The number of piperidine rings is 1. The lowest BCUT2D eigenvalue weighted by Crippen LogP contribution is -2.41. The van der Waals surface area contributed by atoms with Gasteiger partial charge in [-0.25, -0.2) is 0 Å². The smallest absolute Gasteiger partial charge is 0.253 e. The second kappa shape index (κ2) is 5.80. The second-order valence-corrected chi connectivity index (χ2v) is 5.87. The van der Waals surface area contributed by atoms with Gasteiger partial charge in [0, 0.05) is 29.0 Å². The molecule has 1 aromatic rings. The summed E-state index contributed by atoms with van der Waals surface area (Å²) in [5.41, 5.74) is 6.36. The molecule has 0 atom stereocenters. The van der Waals surface area contributed by atoms with Crippen LogP contribution in [0.4, 0.5) is 0 Å². The van der Waals surface area contributed by atoms with Crippen LogP contribution in [0.25, 0.3) is 0 Å². The Hall–Kier alpha value is -0.940. The van der Waals surface area contributed by atoms with Crippen molar-refractivity contribution in [3.63, 3.8) is 0 Å². The molecule has 2 N–H and O–H groups in total. The number of benzene rings is 1. The minimum Gasteiger partial charge on any atom is -0.393 e. The minimum absolute atomic E-state index is 0.0812. The van der Waals surface area contributed by atoms with Crippen molar-refractivity contribution < 1.29 is 4.79 Å². The molecule has 1 amide bonds. The summed E-state index contributed by atoms with van der Waals surface area (Å²) in [6.45, 7) is 1.46. The summed E-state index contributed by atoms with van der Waals surface area (Å²) in [5, 5.41) is 0. The molecule has 2 rings (SSSR count). The number of halogens is 1. The Kier molecular flexibility index (Phi) is 4.35. The molecule has 3 nitrogen and oxygen atoms in total. The van der Waals surface area contributed by atoms with E-state index >= 15 is 0 Å². The van der Waals surface area contributed by atoms with Crippen molar-refractivity contribution in [3.8, 4) is 0 Å². The third-order valence-electron chi connectivity index (χ3n) is 3.26. The van der Waals surface area contributed by atoms with Crippen molar-refractivity contribution in [3.05, 3.63) is 34.3 Å². The highest BCUT2D eigenvalue weighted by Gasteiger charge is 2.24. The van der Waals surface area contributed by atoms with Crippen LogP contribution >= 0.6 is 28.1 Å². The van der Waals surface area contributed by atoms with E-state index in [0.717, 1.165) is 36.0 Å². The molecule has 1 fully saturated rings. The molecule has 0 aliphatic carbocycles. The van der Waals surface area contributed by atoms with Gasteiger partial charge in [-0.15, -0.1) is 0 Å². The highest BCUT2D eigenvalue weighted by molar-refractivity contribution is 9.10. The molecule has 0 bridgehead atoms. The predicted molar refractivity (Wildman–Crippen MR) is 79.6 cm³/mol. The normalized spacial score (nSPS) is 16.6. The van der Waals surface area contributed by atoms with Crippen LogP contribution in [-0.2, 0) is 0 Å². The standard InChI is InChI=1S/C13H15BrN2OS/c14-11-3-1-2-10(8-11)13(17)16-6-4-9(5-7-16)12(15)18/h1-3,8-9H,4-7H2,(H2,15,18). The van der Waals surface area contributed by atoms with Crippen molar-refractivity contribution in [1.82, 2.24) is 4.90 Å². The minimum atomic E-state index is 0.0812. The zero-order chi connectivity index (χ0) is 13.1. The Balaban J connectivity index is 2.02. The Bertz CT molecular complexity index is 470. The maximum Gasteiger partial charge on any atom is 0.253 e. The van der Waals surface area contributed by atoms with Gasteiger partial charge in [0.2, 0.25) is 0 Å². The van der Waals surface area contributed by atoms with Crippen molar-refractivity contribution in [2.75, 3.05) is 13.1 Å². The predicted octanol–water partition coefficient (Wildman–Crippen LogP) is 2.59. The van der Waals surface area contributed by atoms with Gasteiger partial charge in [0.25, 0.3) is 5.91 Å². The number of carbonyl (C=O) groups excluding carboxylic acids is 1. The highest BCUT2D eigenvalue weighted by Crippen LogP contribution is 2.20. The van der Waals surface area contributed by atoms with Crippen molar-refractivity contribution in [1.29, 1.82) is 0 Å². The largest absolute Gasteiger partial charge is 0.393 e. The maximum atomic E-state index is 12.3. The summed E-state index contributed by atoms with van der Waals surface area (Å²) < 4.78 is 0.923. The first kappa shape index (κ1) is 13.5. The molecule has 1 aliphatic heterocycles. The van der Waals surface area contributed by atoms with Gasteiger partial charge >= 0.3 is 0 Å². The summed E-state index contributed by atoms with van der Waals surface area (Å²) in [6.07, 6.45) is 1.74. The van der Waals surface area contributed by atoms with Crippen LogP contribution in [-0.4, -0.2) is 28.9 Å². The number of nitrogens with two attached hydrogens (primary N) is 1. The first-order valence-corrected chi connectivity index (χ1v) is 7.12. The summed E-state index contributed by atoms with van der Waals surface area (Å²) in [7, 11) is 0. The number of likely N-dealkylation sites (tertiary alicyclic amines) is 1. The van der Waals surface area contributed by atoms with Crippen molar-refractivity contribution >= 4 is 39.0 Å². The van der Waals surface area contributed by atoms with Crippen molar-refractivity contribution in [2.24, 2.45) is 11.7 Å². The molecule has 0 spiro atoms. The van der Waals surface area contributed by atoms with Gasteiger partial charge < -0.3 is 10.6 Å². The molecule has 1 aliphatic rings. The van der Waals surface area contributed by atoms with Crippen LogP contribution in [0, 0.1) is 5.92 Å². The first-order valence-electron chi connectivity index (χ1n) is 5.92. The molecule has 0 radical (unpaired) electrons. The van der Waals surface area contributed by atoms with Crippen molar-refractivity contribution in [2.45, 2.75) is 12.8 Å². The fourth-order valence-corrected chi connectivity index (χ4v) is 2.81. The zero-order valence-electron chi connectivity index (χ0n) is 9.93. The average Bonchev–Trinajstić information content (AvgIpc) is 2.38. The van der Waals surface area contributed by atoms with Crippen LogP contribution in [0.1, 0.15) is 23.2 Å². The third kappa shape index (κ3) is 3.09. The number of hydrogen-bond donors (Lipinski definition) is 1. The molecule has 5 heteroatoms. The quantitative estimate of drug-likeness (QED) is 0.850. The average molecular weight is 327 g/mol. The first-order chi connectivity index (χ1) is 8.58. The van der Waals surface area contributed by atoms with Gasteiger partial charge in [0.05, 0.1) is 4.99 Å². The highest BCUT2D eigenvalue weighted by atomic mass is 79.9. The lowest BCUT2D eigenvalue weighted by molar-refractivity contribution is 0.0710. The van der Waals surface area contributed by atoms with E-state index in [0.29, 0.717) is 4.99 Å². The summed E-state index contributed by atoms with van der Waals surface area (Å²) in [5.74, 6) is 0.365. The number of rotatable bonds is 2. The van der Waals surface area contributed by atoms with Crippen LogP contribution in [0.2, 0.25) is 0 Å². The molecule has 0 unspecified atom stereocenters. The molecule has 1 aromatic carbocycles. The fraction of sp³-hybridized carbons (Fsp3) is 0.385. The number of hydrogen-bond acceptors (Lipinski definition) is 2. The molecule has 96 valence electrons. The molecule has 18 heavy (non-hydrogen) atoms. The third-order valence-corrected chi connectivity index (χ3v) is 4.08. The van der Waals surface area contributed by atoms with Gasteiger partial charge in [-0.2, -0.15) is 0 Å².